The Balaban J connectivity index is 2.05. The Hall–Kier alpha value is -0.120. The first-order valence-corrected chi connectivity index (χ1v) is 7.30. The molecule has 1 saturated heterocycles. The van der Waals surface area contributed by atoms with Gasteiger partial charge in [0.05, 0.1) is 0 Å². The molecule has 0 spiro atoms. The zero-order valence-corrected chi connectivity index (χ0v) is 11.9. The predicted octanol–water partition coefficient (Wildman–Crippen LogP) is 2.27. The van der Waals surface area contributed by atoms with Gasteiger partial charge in [-0.1, -0.05) is 6.42 Å². The van der Waals surface area contributed by atoms with Gasteiger partial charge < -0.3 is 10.1 Å². The molecule has 0 saturated carbocycles. The Morgan fingerprint density at radius 1 is 1.41 bits per heavy atom. The molecule has 0 radical (unpaired) electrons. The van der Waals surface area contributed by atoms with E-state index in [1.807, 2.05) is 6.92 Å². The highest BCUT2D eigenvalue weighted by Gasteiger charge is 2.22. The van der Waals surface area contributed by atoms with Crippen molar-refractivity contribution in [3.8, 4) is 0 Å². The van der Waals surface area contributed by atoms with Crippen LogP contribution in [0.5, 0.6) is 0 Å². The molecule has 0 aliphatic carbocycles. The fourth-order valence-corrected chi connectivity index (χ4v) is 2.65. The van der Waals surface area contributed by atoms with E-state index in [4.69, 9.17) is 4.74 Å². The van der Waals surface area contributed by atoms with Crippen molar-refractivity contribution in [3.05, 3.63) is 0 Å². The third-order valence-corrected chi connectivity index (χ3v) is 3.71. The Morgan fingerprint density at radius 2 is 2.24 bits per heavy atom. The average molecular weight is 242 g/mol. The summed E-state index contributed by atoms with van der Waals surface area (Å²) in [4.78, 5) is 2.65. The van der Waals surface area contributed by atoms with Crippen LogP contribution >= 0.6 is 0 Å². The first-order chi connectivity index (χ1) is 8.25. The third-order valence-electron chi connectivity index (χ3n) is 3.71. The molecule has 3 nitrogen and oxygen atoms in total. The Bertz CT molecular complexity index is 187. The molecule has 0 amide bonds. The van der Waals surface area contributed by atoms with Crippen molar-refractivity contribution in [3.63, 3.8) is 0 Å². The summed E-state index contributed by atoms with van der Waals surface area (Å²) in [5.41, 5.74) is 0. The predicted molar refractivity (Wildman–Crippen MR) is 73.5 cm³/mol. The molecule has 0 aromatic carbocycles. The van der Waals surface area contributed by atoms with Crippen molar-refractivity contribution in [1.29, 1.82) is 0 Å². The van der Waals surface area contributed by atoms with Crippen LogP contribution in [0.2, 0.25) is 0 Å². The standard InChI is InChI=1S/C14H30N2O/c1-4-17-11-7-9-15-12-14(3)16-10-6-5-8-13(16)2/h13-15H,4-12H2,1-3H3. The van der Waals surface area contributed by atoms with Crippen LogP contribution < -0.4 is 5.32 Å². The molecule has 17 heavy (non-hydrogen) atoms. The first kappa shape index (κ1) is 14.9. The number of nitrogens with one attached hydrogen (secondary N) is 1. The summed E-state index contributed by atoms with van der Waals surface area (Å²) in [6.07, 6.45) is 5.27. The number of nitrogens with zero attached hydrogens (tertiary/aromatic N) is 1. The van der Waals surface area contributed by atoms with Gasteiger partial charge in [0.2, 0.25) is 0 Å². The fraction of sp³-hybridized carbons (Fsp3) is 1.00. The van der Waals surface area contributed by atoms with Gasteiger partial charge in [0.25, 0.3) is 0 Å². The van der Waals surface area contributed by atoms with Gasteiger partial charge in [-0.25, -0.2) is 0 Å². The minimum Gasteiger partial charge on any atom is -0.382 e. The number of rotatable bonds is 8. The highest BCUT2D eigenvalue weighted by atomic mass is 16.5. The van der Waals surface area contributed by atoms with Crippen molar-refractivity contribution < 1.29 is 4.74 Å². The van der Waals surface area contributed by atoms with Crippen molar-refractivity contribution in [1.82, 2.24) is 10.2 Å². The summed E-state index contributed by atoms with van der Waals surface area (Å²) >= 11 is 0. The van der Waals surface area contributed by atoms with Gasteiger partial charge in [0.15, 0.2) is 0 Å². The van der Waals surface area contributed by atoms with E-state index in [1.54, 1.807) is 0 Å². The van der Waals surface area contributed by atoms with Gasteiger partial charge in [0, 0.05) is 31.8 Å². The Morgan fingerprint density at radius 3 is 2.94 bits per heavy atom. The zero-order chi connectivity index (χ0) is 12.5. The zero-order valence-electron chi connectivity index (χ0n) is 11.9. The van der Waals surface area contributed by atoms with E-state index < -0.39 is 0 Å². The number of ether oxygens (including phenoxy) is 1. The minimum absolute atomic E-state index is 0.664. The minimum atomic E-state index is 0.664. The molecule has 0 aromatic heterocycles. The van der Waals surface area contributed by atoms with Crippen LogP contribution in [0.4, 0.5) is 0 Å². The number of hydrogen-bond acceptors (Lipinski definition) is 3. The lowest BCUT2D eigenvalue weighted by molar-refractivity contribution is 0.111. The van der Waals surface area contributed by atoms with Crippen molar-refractivity contribution in [2.75, 3.05) is 32.8 Å². The van der Waals surface area contributed by atoms with Gasteiger partial charge in [-0.15, -0.1) is 0 Å². The maximum atomic E-state index is 5.32. The number of likely N-dealkylation sites (tertiary alicyclic amines) is 1. The molecular formula is C14H30N2O. The molecule has 3 heteroatoms. The van der Waals surface area contributed by atoms with Crippen molar-refractivity contribution >= 4 is 0 Å². The molecule has 1 aliphatic rings. The molecule has 0 bridgehead atoms. The van der Waals surface area contributed by atoms with Gasteiger partial charge in [0.1, 0.15) is 0 Å². The number of piperidine rings is 1. The van der Waals surface area contributed by atoms with E-state index in [-0.39, 0.29) is 0 Å². The lowest BCUT2D eigenvalue weighted by atomic mass is 10.0. The third kappa shape index (κ3) is 5.84. The molecule has 2 unspecified atom stereocenters. The lowest BCUT2D eigenvalue weighted by Crippen LogP contribution is -2.47. The normalized spacial score (nSPS) is 23.8. The highest BCUT2D eigenvalue weighted by Crippen LogP contribution is 2.18. The fourth-order valence-electron chi connectivity index (χ4n) is 2.65. The largest absolute Gasteiger partial charge is 0.382 e. The van der Waals surface area contributed by atoms with Gasteiger partial charge in [-0.05, 0) is 53.1 Å². The van der Waals surface area contributed by atoms with E-state index in [1.165, 1.54) is 25.8 Å². The molecule has 0 aromatic rings. The van der Waals surface area contributed by atoms with Crippen LogP contribution in [0.25, 0.3) is 0 Å². The van der Waals surface area contributed by atoms with Crippen LogP contribution in [0.3, 0.4) is 0 Å². The van der Waals surface area contributed by atoms with Crippen LogP contribution in [-0.2, 0) is 4.74 Å². The molecule has 1 N–H and O–H groups in total. The van der Waals surface area contributed by atoms with Gasteiger partial charge in [-0.2, -0.15) is 0 Å². The van der Waals surface area contributed by atoms with Gasteiger partial charge in [-0.3, -0.25) is 4.90 Å². The maximum absolute atomic E-state index is 5.32. The smallest absolute Gasteiger partial charge is 0.0477 e. The highest BCUT2D eigenvalue weighted by molar-refractivity contribution is 4.79. The van der Waals surface area contributed by atoms with E-state index in [0.717, 1.165) is 38.8 Å². The number of hydrogen-bond donors (Lipinski definition) is 1. The van der Waals surface area contributed by atoms with Gasteiger partial charge >= 0.3 is 0 Å². The molecule has 1 aliphatic heterocycles. The molecular weight excluding hydrogens is 212 g/mol. The molecule has 1 heterocycles. The Kier molecular flexibility index (Phi) is 7.82. The van der Waals surface area contributed by atoms with Crippen LogP contribution in [0.15, 0.2) is 0 Å². The first-order valence-electron chi connectivity index (χ1n) is 7.30. The van der Waals surface area contributed by atoms with Crippen LogP contribution in [0, 0.1) is 0 Å². The maximum Gasteiger partial charge on any atom is 0.0477 e. The van der Waals surface area contributed by atoms with Crippen LogP contribution in [0.1, 0.15) is 46.5 Å². The second-order valence-corrected chi connectivity index (χ2v) is 5.19. The SMILES string of the molecule is CCOCCCNCC(C)N1CCCCC1C. The monoisotopic (exact) mass is 242 g/mol. The topological polar surface area (TPSA) is 24.5 Å². The summed E-state index contributed by atoms with van der Waals surface area (Å²) in [5.74, 6) is 0. The summed E-state index contributed by atoms with van der Waals surface area (Å²) in [6, 6.07) is 1.43. The van der Waals surface area contributed by atoms with E-state index in [9.17, 15) is 0 Å². The molecule has 1 rings (SSSR count). The van der Waals surface area contributed by atoms with Crippen molar-refractivity contribution in [2.24, 2.45) is 0 Å². The second-order valence-electron chi connectivity index (χ2n) is 5.19. The summed E-state index contributed by atoms with van der Waals surface area (Å²) in [7, 11) is 0. The quantitative estimate of drug-likeness (QED) is 0.661. The molecule has 1 fully saturated rings. The van der Waals surface area contributed by atoms with E-state index in [2.05, 4.69) is 24.1 Å². The molecule has 2 atom stereocenters. The summed E-state index contributed by atoms with van der Waals surface area (Å²) in [5, 5.41) is 3.54. The average Bonchev–Trinajstić information content (AvgIpc) is 2.34. The molecule has 102 valence electrons. The van der Waals surface area contributed by atoms with Crippen molar-refractivity contribution in [2.45, 2.75) is 58.5 Å². The summed E-state index contributed by atoms with van der Waals surface area (Å²) < 4.78 is 5.32. The Labute approximate surface area is 107 Å². The summed E-state index contributed by atoms with van der Waals surface area (Å²) in [6.45, 7) is 11.9. The van der Waals surface area contributed by atoms with Crippen LogP contribution in [-0.4, -0.2) is 49.8 Å². The van der Waals surface area contributed by atoms with E-state index in [0.29, 0.717) is 6.04 Å². The van der Waals surface area contributed by atoms with E-state index >= 15 is 0 Å². The lowest BCUT2D eigenvalue weighted by Gasteiger charge is -2.38. The second kappa shape index (κ2) is 8.90.